The van der Waals surface area contributed by atoms with E-state index in [0.29, 0.717) is 5.56 Å². The number of unbranched alkanes of at least 4 members (excludes halogenated alkanes) is 1. The molecular weight excluding hydrogens is 176 g/mol. The van der Waals surface area contributed by atoms with Gasteiger partial charge in [0.1, 0.15) is 0 Å². The minimum Gasteiger partial charge on any atom is -0.504 e. The first-order valence-electron chi connectivity index (χ1n) is 4.85. The molecule has 0 saturated carbocycles. The second-order valence-electron chi connectivity index (χ2n) is 3.35. The average Bonchev–Trinajstić information content (AvgIpc) is 2.18. The summed E-state index contributed by atoms with van der Waals surface area (Å²) in [6, 6.07) is 3.29. The number of rotatable bonds is 3. The van der Waals surface area contributed by atoms with E-state index in [-0.39, 0.29) is 11.5 Å². The highest BCUT2D eigenvalue weighted by atomic mass is 16.3. The summed E-state index contributed by atoms with van der Waals surface area (Å²) in [6.45, 7) is 4.00. The smallest absolute Gasteiger partial charge is 0.165 e. The van der Waals surface area contributed by atoms with Gasteiger partial charge in [0.2, 0.25) is 0 Å². The van der Waals surface area contributed by atoms with Gasteiger partial charge < -0.3 is 10.2 Å². The van der Waals surface area contributed by atoms with Crippen LogP contribution >= 0.6 is 0 Å². The maximum Gasteiger partial charge on any atom is 0.165 e. The Hall–Kier alpha value is -1.44. The lowest BCUT2D eigenvalue weighted by atomic mass is 10.1. The highest BCUT2D eigenvalue weighted by molar-refractivity contribution is 5.64. The average molecular weight is 192 g/mol. The van der Waals surface area contributed by atoms with Crippen molar-refractivity contribution in [2.45, 2.75) is 26.7 Å². The van der Waals surface area contributed by atoms with Crippen molar-refractivity contribution >= 4 is 6.08 Å². The summed E-state index contributed by atoms with van der Waals surface area (Å²) in [6.07, 6.45) is 5.92. The van der Waals surface area contributed by atoms with Crippen LogP contribution in [0, 0.1) is 6.92 Å². The molecule has 0 unspecified atom stereocenters. The summed E-state index contributed by atoms with van der Waals surface area (Å²) in [5, 5.41) is 18.9. The molecule has 0 radical (unpaired) electrons. The molecule has 76 valence electrons. The van der Waals surface area contributed by atoms with E-state index in [1.807, 2.05) is 19.1 Å². The van der Waals surface area contributed by atoms with Crippen molar-refractivity contribution in [3.63, 3.8) is 0 Å². The summed E-state index contributed by atoms with van der Waals surface area (Å²) in [5.74, 6) is -0.0934. The molecule has 0 atom stereocenters. The van der Waals surface area contributed by atoms with Crippen LogP contribution in [0.1, 0.15) is 30.9 Å². The van der Waals surface area contributed by atoms with Gasteiger partial charge >= 0.3 is 0 Å². The second kappa shape index (κ2) is 4.70. The monoisotopic (exact) mass is 192 g/mol. The third kappa shape index (κ3) is 2.28. The van der Waals surface area contributed by atoms with E-state index in [1.165, 1.54) is 6.07 Å². The Bertz CT molecular complexity index is 340. The summed E-state index contributed by atoms with van der Waals surface area (Å²) in [5.41, 5.74) is 1.67. The third-order valence-electron chi connectivity index (χ3n) is 2.15. The Morgan fingerprint density at radius 1 is 1.29 bits per heavy atom. The van der Waals surface area contributed by atoms with Crippen molar-refractivity contribution < 1.29 is 10.2 Å². The lowest BCUT2D eigenvalue weighted by Crippen LogP contribution is -1.82. The Balaban J connectivity index is 3.00. The molecule has 0 aliphatic heterocycles. The Labute approximate surface area is 84.5 Å². The van der Waals surface area contributed by atoms with Crippen LogP contribution in [0.2, 0.25) is 0 Å². The van der Waals surface area contributed by atoms with Crippen molar-refractivity contribution in [1.82, 2.24) is 0 Å². The molecule has 0 bridgehead atoms. The van der Waals surface area contributed by atoms with E-state index < -0.39 is 0 Å². The number of phenols is 2. The van der Waals surface area contributed by atoms with Gasteiger partial charge in [-0.25, -0.2) is 0 Å². The molecule has 1 aromatic rings. The largest absolute Gasteiger partial charge is 0.504 e. The molecule has 0 aliphatic carbocycles. The van der Waals surface area contributed by atoms with Crippen LogP contribution in [-0.4, -0.2) is 10.2 Å². The first kappa shape index (κ1) is 10.6. The Kier molecular flexibility index (Phi) is 3.57. The SMILES string of the molecule is CCCC=Cc1c(C)ccc(O)c1O. The first-order chi connectivity index (χ1) is 6.66. The van der Waals surface area contributed by atoms with E-state index in [0.717, 1.165) is 18.4 Å². The maximum atomic E-state index is 9.58. The van der Waals surface area contributed by atoms with Crippen LogP contribution in [0.15, 0.2) is 18.2 Å². The van der Waals surface area contributed by atoms with Crippen LogP contribution in [0.4, 0.5) is 0 Å². The van der Waals surface area contributed by atoms with E-state index in [2.05, 4.69) is 6.92 Å². The molecular formula is C12H16O2. The number of phenolic OH excluding ortho intramolecular Hbond substituents is 2. The molecule has 1 rings (SSSR count). The van der Waals surface area contributed by atoms with Crippen molar-refractivity contribution in [2.24, 2.45) is 0 Å². The fraction of sp³-hybridized carbons (Fsp3) is 0.333. The van der Waals surface area contributed by atoms with Crippen LogP contribution in [0.25, 0.3) is 6.08 Å². The van der Waals surface area contributed by atoms with Gasteiger partial charge in [-0.1, -0.05) is 31.6 Å². The third-order valence-corrected chi connectivity index (χ3v) is 2.15. The summed E-state index contributed by atoms with van der Waals surface area (Å²) >= 11 is 0. The summed E-state index contributed by atoms with van der Waals surface area (Å²) in [4.78, 5) is 0. The quantitative estimate of drug-likeness (QED) is 0.722. The van der Waals surface area contributed by atoms with Gasteiger partial charge in [0.15, 0.2) is 11.5 Å². The van der Waals surface area contributed by atoms with Crippen LogP contribution in [0.3, 0.4) is 0 Å². The van der Waals surface area contributed by atoms with E-state index in [4.69, 9.17) is 0 Å². The zero-order valence-corrected chi connectivity index (χ0v) is 8.62. The second-order valence-corrected chi connectivity index (χ2v) is 3.35. The number of benzene rings is 1. The van der Waals surface area contributed by atoms with Crippen molar-refractivity contribution in [3.05, 3.63) is 29.3 Å². The number of aromatic hydroxyl groups is 2. The molecule has 0 aliphatic rings. The number of hydrogen-bond donors (Lipinski definition) is 2. The van der Waals surface area contributed by atoms with E-state index in [9.17, 15) is 10.2 Å². The van der Waals surface area contributed by atoms with Gasteiger partial charge in [-0.2, -0.15) is 0 Å². The molecule has 0 saturated heterocycles. The highest BCUT2D eigenvalue weighted by Crippen LogP contribution is 2.31. The van der Waals surface area contributed by atoms with E-state index in [1.54, 1.807) is 6.07 Å². The number of allylic oxidation sites excluding steroid dienone is 1. The first-order valence-corrected chi connectivity index (χ1v) is 4.85. The summed E-state index contributed by atoms with van der Waals surface area (Å²) in [7, 11) is 0. The van der Waals surface area contributed by atoms with Crippen molar-refractivity contribution in [1.29, 1.82) is 0 Å². The molecule has 0 heterocycles. The van der Waals surface area contributed by atoms with Crippen molar-refractivity contribution in [3.8, 4) is 11.5 Å². The normalized spacial score (nSPS) is 11.0. The van der Waals surface area contributed by atoms with Gasteiger partial charge in [-0.15, -0.1) is 0 Å². The lowest BCUT2D eigenvalue weighted by Gasteiger charge is -2.05. The molecule has 2 heteroatoms. The van der Waals surface area contributed by atoms with Gasteiger partial charge in [0.25, 0.3) is 0 Å². The molecule has 14 heavy (non-hydrogen) atoms. The minimum atomic E-state index is -0.0632. The van der Waals surface area contributed by atoms with E-state index >= 15 is 0 Å². The molecule has 2 nitrogen and oxygen atoms in total. The molecule has 1 aromatic carbocycles. The minimum absolute atomic E-state index is 0.0302. The molecule has 0 amide bonds. The van der Waals surface area contributed by atoms with Crippen molar-refractivity contribution in [2.75, 3.05) is 0 Å². The summed E-state index contributed by atoms with van der Waals surface area (Å²) < 4.78 is 0. The standard InChI is InChI=1S/C12H16O2/c1-3-4-5-6-10-9(2)7-8-11(13)12(10)14/h5-8,13-14H,3-4H2,1-2H3. The number of aryl methyl sites for hydroxylation is 1. The van der Waals surface area contributed by atoms with Gasteiger partial charge in [0.05, 0.1) is 0 Å². The Morgan fingerprint density at radius 3 is 2.64 bits per heavy atom. The molecule has 2 N–H and O–H groups in total. The lowest BCUT2D eigenvalue weighted by molar-refractivity contribution is 0.402. The van der Waals surface area contributed by atoms with Gasteiger partial charge in [-0.05, 0) is 25.0 Å². The topological polar surface area (TPSA) is 40.5 Å². The molecule has 0 spiro atoms. The molecule has 0 fully saturated rings. The fourth-order valence-electron chi connectivity index (χ4n) is 1.28. The van der Waals surface area contributed by atoms with Gasteiger partial charge in [0, 0.05) is 5.56 Å². The van der Waals surface area contributed by atoms with Crippen LogP contribution in [0.5, 0.6) is 11.5 Å². The maximum absolute atomic E-state index is 9.58. The van der Waals surface area contributed by atoms with Crippen LogP contribution < -0.4 is 0 Å². The van der Waals surface area contributed by atoms with Crippen LogP contribution in [-0.2, 0) is 0 Å². The zero-order valence-electron chi connectivity index (χ0n) is 8.62. The zero-order chi connectivity index (χ0) is 10.6. The van der Waals surface area contributed by atoms with Gasteiger partial charge in [-0.3, -0.25) is 0 Å². The predicted octanol–water partition coefficient (Wildman–Crippen LogP) is 3.22. The fourth-order valence-corrected chi connectivity index (χ4v) is 1.28. The Morgan fingerprint density at radius 2 is 2.00 bits per heavy atom. The predicted molar refractivity (Wildman–Crippen MR) is 58.5 cm³/mol. The number of hydrogen-bond acceptors (Lipinski definition) is 2. The highest BCUT2D eigenvalue weighted by Gasteiger charge is 2.05. The molecule has 0 aromatic heterocycles.